The van der Waals surface area contributed by atoms with E-state index in [-0.39, 0.29) is 93.0 Å². The van der Waals surface area contributed by atoms with Crippen molar-refractivity contribution in [2.75, 3.05) is 6.61 Å². The number of hydrogen-bond acceptors (Lipinski definition) is 2. The van der Waals surface area contributed by atoms with E-state index in [1.807, 2.05) is 0 Å². The molecule has 0 heterocycles. The summed E-state index contributed by atoms with van der Waals surface area (Å²) in [5.41, 5.74) is 0. The topological polar surface area (TPSA) is 53.1 Å². The minimum Gasteiger partial charge on any atom is -0.870 e. The minimum atomic E-state index is 0. The molecule has 0 bridgehead atoms. The van der Waals surface area contributed by atoms with Gasteiger partial charge in [0.25, 0.3) is 0 Å². The molecule has 0 saturated heterocycles. The zero-order valence-corrected chi connectivity index (χ0v) is 9.69. The van der Waals surface area contributed by atoms with Crippen LogP contribution in [-0.2, 0) is 0 Å². The van der Waals surface area contributed by atoms with Gasteiger partial charge in [-0.2, -0.15) is 0 Å². The average molecular weight is 124 g/mol. The second-order valence-electron chi connectivity index (χ2n) is 0.289. The van der Waals surface area contributed by atoms with E-state index in [0.29, 0.717) is 0 Å². The molecule has 28 valence electrons. The molecule has 0 fully saturated rings. The van der Waals surface area contributed by atoms with E-state index in [4.69, 9.17) is 5.11 Å². The Balaban J connectivity index is -0.00000000667. The molecule has 0 spiro atoms. The van der Waals surface area contributed by atoms with E-state index in [1.54, 1.807) is 6.92 Å². The largest absolute Gasteiger partial charge is 1.00 e. The first-order valence-electron chi connectivity index (χ1n) is 0.996. The second kappa shape index (κ2) is 25.7. The molecule has 0 aliphatic rings. The minimum absolute atomic E-state index is 0. The van der Waals surface area contributed by atoms with Gasteiger partial charge in [-0.3, -0.25) is 0 Å². The molecular weight excluding hydrogens is 118 g/mol. The van der Waals surface area contributed by atoms with Gasteiger partial charge in [0.15, 0.2) is 0 Å². The van der Waals surface area contributed by atoms with Crippen molar-refractivity contribution >= 4 is 0 Å². The third-order valence-corrected chi connectivity index (χ3v) is 0. The van der Waals surface area contributed by atoms with Crippen LogP contribution in [0.2, 0.25) is 0 Å². The van der Waals surface area contributed by atoms with Gasteiger partial charge in [-0.05, 0) is 0 Å². The smallest absolute Gasteiger partial charge is 0.870 e. The molecule has 0 aromatic rings. The molecule has 0 unspecified atom stereocenters. The first-order chi connectivity index (χ1) is 1.41. The zero-order chi connectivity index (χ0) is 2.71. The molecule has 0 aliphatic heterocycles. The maximum atomic E-state index is 8.93. The molecular formula is C2H6KNaO2. The average Bonchev–Trinajstić information content (AvgIpc) is 0.918. The van der Waals surface area contributed by atoms with Crippen molar-refractivity contribution in [3.63, 3.8) is 0 Å². The molecule has 0 atom stereocenters. The van der Waals surface area contributed by atoms with Crippen molar-refractivity contribution in [2.45, 2.75) is 6.92 Å². The molecule has 1 N–H and O–H groups in total. The summed E-state index contributed by atoms with van der Waals surface area (Å²) in [5, 5.41) is 8.93. The Morgan fingerprint density at radius 1 is 1.50 bits per heavy atom. The van der Waals surface area contributed by atoms with Crippen LogP contribution in [0.15, 0.2) is 0 Å². The Kier molecular flexibility index (Phi) is 101. The molecule has 0 radical (unpaired) electrons. The Morgan fingerprint density at radius 3 is 1.50 bits per heavy atom. The molecule has 0 rings (SSSR count). The summed E-state index contributed by atoms with van der Waals surface area (Å²) in [6.45, 7) is 1.57. The van der Waals surface area contributed by atoms with Crippen LogP contribution in [0.1, 0.15) is 6.92 Å². The van der Waals surface area contributed by atoms with Gasteiger partial charge < -0.3 is 10.6 Å². The van der Waals surface area contributed by atoms with Crippen LogP contribution in [0.25, 0.3) is 0 Å². The Morgan fingerprint density at radius 2 is 1.50 bits per heavy atom. The van der Waals surface area contributed by atoms with Crippen molar-refractivity contribution in [3.05, 3.63) is 0 Å². The van der Waals surface area contributed by atoms with Crippen molar-refractivity contribution in [1.29, 1.82) is 0 Å². The van der Waals surface area contributed by atoms with Gasteiger partial charge in [-0.15, -0.1) is 6.61 Å². The first kappa shape index (κ1) is 23.5. The van der Waals surface area contributed by atoms with Crippen molar-refractivity contribution in [1.82, 2.24) is 0 Å². The van der Waals surface area contributed by atoms with Crippen molar-refractivity contribution in [3.8, 4) is 0 Å². The SMILES string of the molecule is CC[O-].[K+].[Na+].[OH-]. The fourth-order valence-corrected chi connectivity index (χ4v) is 0. The second-order valence-corrected chi connectivity index (χ2v) is 0.289. The van der Waals surface area contributed by atoms with Crippen LogP contribution >= 0.6 is 0 Å². The predicted octanol–water partition coefficient (Wildman–Crippen LogP) is -6.80. The fraction of sp³-hybridized carbons (Fsp3) is 1.00. The molecule has 0 saturated carbocycles. The van der Waals surface area contributed by atoms with E-state index in [0.717, 1.165) is 0 Å². The summed E-state index contributed by atoms with van der Waals surface area (Å²) in [6, 6.07) is 0. The monoisotopic (exact) mass is 124 g/mol. The van der Waals surface area contributed by atoms with E-state index in [1.165, 1.54) is 0 Å². The summed E-state index contributed by atoms with van der Waals surface area (Å²) < 4.78 is 0. The molecule has 2 nitrogen and oxygen atoms in total. The third kappa shape index (κ3) is 31.0. The summed E-state index contributed by atoms with van der Waals surface area (Å²) in [7, 11) is 0. The molecule has 4 heteroatoms. The first-order valence-corrected chi connectivity index (χ1v) is 0.996. The van der Waals surface area contributed by atoms with Gasteiger partial charge in [0.05, 0.1) is 0 Å². The predicted molar refractivity (Wildman–Crippen MR) is 12.5 cm³/mol. The van der Waals surface area contributed by atoms with E-state index < -0.39 is 0 Å². The van der Waals surface area contributed by atoms with Gasteiger partial charge in [0.1, 0.15) is 0 Å². The zero-order valence-electron chi connectivity index (χ0n) is 4.56. The maximum Gasteiger partial charge on any atom is 1.00 e. The molecule has 0 aromatic heterocycles. The van der Waals surface area contributed by atoms with Gasteiger partial charge in [-0.1, -0.05) is 6.92 Å². The van der Waals surface area contributed by atoms with Crippen LogP contribution in [0.5, 0.6) is 0 Å². The standard InChI is InChI=1S/C2H5O.K.Na.H2O/c1-2-3;;;/h2H2,1H3;;;1H2/q-1;2*+1;/p-1. The Hall–Kier alpha value is 2.56. The molecule has 0 aliphatic carbocycles. The van der Waals surface area contributed by atoms with Crippen LogP contribution in [0.3, 0.4) is 0 Å². The van der Waals surface area contributed by atoms with Gasteiger partial charge in [0, 0.05) is 0 Å². The Labute approximate surface area is 103 Å². The van der Waals surface area contributed by atoms with E-state index in [9.17, 15) is 0 Å². The van der Waals surface area contributed by atoms with Gasteiger partial charge in [0.2, 0.25) is 0 Å². The van der Waals surface area contributed by atoms with Crippen LogP contribution in [0, 0.1) is 0 Å². The maximum absolute atomic E-state index is 8.93. The third-order valence-electron chi connectivity index (χ3n) is 0. The fourth-order valence-electron chi connectivity index (χ4n) is 0. The number of rotatable bonds is 0. The van der Waals surface area contributed by atoms with Crippen LogP contribution in [-0.4, -0.2) is 12.1 Å². The number of hydrogen-bond donors (Lipinski definition) is 0. The van der Waals surface area contributed by atoms with Gasteiger partial charge in [-0.25, -0.2) is 0 Å². The van der Waals surface area contributed by atoms with Crippen LogP contribution < -0.4 is 86.0 Å². The summed E-state index contributed by atoms with van der Waals surface area (Å²) >= 11 is 0. The molecule has 0 aromatic carbocycles. The van der Waals surface area contributed by atoms with Gasteiger partial charge >= 0.3 is 80.9 Å². The summed E-state index contributed by atoms with van der Waals surface area (Å²) in [4.78, 5) is 0. The summed E-state index contributed by atoms with van der Waals surface area (Å²) in [5.74, 6) is 0. The molecule has 0 amide bonds. The van der Waals surface area contributed by atoms with Crippen molar-refractivity contribution in [2.24, 2.45) is 0 Å². The summed E-state index contributed by atoms with van der Waals surface area (Å²) in [6.07, 6.45) is 0. The quantitative estimate of drug-likeness (QED) is 0.301. The van der Waals surface area contributed by atoms with Crippen molar-refractivity contribution < 1.29 is 91.5 Å². The normalized spacial score (nSPS) is 3.00. The Bertz CT molecular complexity index is 11.5. The van der Waals surface area contributed by atoms with Crippen LogP contribution in [0.4, 0.5) is 0 Å². The molecule has 6 heavy (non-hydrogen) atoms. The van der Waals surface area contributed by atoms with E-state index >= 15 is 0 Å². The van der Waals surface area contributed by atoms with E-state index in [2.05, 4.69) is 0 Å².